The number of pyridine rings is 1. The van der Waals surface area contributed by atoms with E-state index in [1.807, 2.05) is 61.5 Å². The Morgan fingerprint density at radius 1 is 1.09 bits per heavy atom. The number of halogens is 1. The molecule has 0 saturated carbocycles. The lowest BCUT2D eigenvalue weighted by atomic mass is 10.2. The molecule has 9 heteroatoms. The van der Waals surface area contributed by atoms with Gasteiger partial charge in [0, 0.05) is 57.0 Å². The molecule has 4 rings (SSSR count). The Bertz CT molecular complexity index is 1040. The van der Waals surface area contributed by atoms with E-state index in [0.717, 1.165) is 47.2 Å². The van der Waals surface area contributed by atoms with Crippen LogP contribution in [0.15, 0.2) is 64.3 Å². The lowest BCUT2D eigenvalue weighted by Gasteiger charge is -2.16. The van der Waals surface area contributed by atoms with Crippen LogP contribution in [0.5, 0.6) is 11.5 Å². The molecule has 8 nitrogen and oxygen atoms in total. The van der Waals surface area contributed by atoms with Crippen LogP contribution < -0.4 is 25.0 Å². The molecule has 0 atom stereocenters. The number of benzene rings is 1. The molecule has 0 radical (unpaired) electrons. The van der Waals surface area contributed by atoms with E-state index in [1.54, 1.807) is 12.5 Å². The van der Waals surface area contributed by atoms with Crippen LogP contribution in [-0.2, 0) is 13.0 Å². The first-order valence-electron chi connectivity index (χ1n) is 10.8. The number of nitrogens with zero attached hydrogens (tertiary/aromatic N) is 3. The maximum absolute atomic E-state index is 5.82. The van der Waals surface area contributed by atoms with Gasteiger partial charge in [-0.2, -0.15) is 0 Å². The fourth-order valence-corrected chi connectivity index (χ4v) is 3.40. The van der Waals surface area contributed by atoms with Gasteiger partial charge in [-0.3, -0.25) is 0 Å². The van der Waals surface area contributed by atoms with Gasteiger partial charge in [0.25, 0.3) is 0 Å². The Hall–Kier alpha value is -2.95. The topological polar surface area (TPSA) is 84.2 Å². The molecule has 0 spiro atoms. The first-order valence-corrected chi connectivity index (χ1v) is 10.8. The number of furan rings is 1. The minimum atomic E-state index is 0. The van der Waals surface area contributed by atoms with Gasteiger partial charge in [0.05, 0.1) is 26.0 Å². The number of guanidine groups is 1. The van der Waals surface area contributed by atoms with Crippen molar-refractivity contribution in [3.8, 4) is 11.5 Å². The second kappa shape index (κ2) is 12.3. The van der Waals surface area contributed by atoms with Gasteiger partial charge in [-0.25, -0.2) is 9.98 Å². The summed E-state index contributed by atoms with van der Waals surface area (Å²) >= 11 is 0. The van der Waals surface area contributed by atoms with Crippen molar-refractivity contribution < 1.29 is 13.9 Å². The molecule has 0 bridgehead atoms. The summed E-state index contributed by atoms with van der Waals surface area (Å²) in [6, 6.07) is 13.7. The van der Waals surface area contributed by atoms with Gasteiger partial charge in [0.2, 0.25) is 0 Å². The van der Waals surface area contributed by atoms with Gasteiger partial charge in [0.1, 0.15) is 11.6 Å². The average molecular weight is 563 g/mol. The van der Waals surface area contributed by atoms with Crippen molar-refractivity contribution in [1.82, 2.24) is 10.3 Å². The molecule has 0 fully saturated rings. The summed E-state index contributed by atoms with van der Waals surface area (Å²) in [6.45, 7) is 2.48. The minimum absolute atomic E-state index is 0. The van der Waals surface area contributed by atoms with Crippen molar-refractivity contribution in [2.24, 2.45) is 4.99 Å². The number of aliphatic imine (C=N–C) groups is 1. The van der Waals surface area contributed by atoms with Crippen LogP contribution in [0.25, 0.3) is 0 Å². The Morgan fingerprint density at radius 2 is 1.94 bits per heavy atom. The van der Waals surface area contributed by atoms with Crippen LogP contribution in [0, 0.1) is 0 Å². The largest absolute Gasteiger partial charge is 0.490 e. The summed E-state index contributed by atoms with van der Waals surface area (Å²) in [5, 5.41) is 6.78. The third kappa shape index (κ3) is 7.01. The third-order valence-corrected chi connectivity index (χ3v) is 4.95. The highest BCUT2D eigenvalue weighted by atomic mass is 127. The fraction of sp³-hybridized carbons (Fsp3) is 0.333. The number of anilines is 2. The second-order valence-electron chi connectivity index (χ2n) is 7.64. The number of hydrogen-bond donors (Lipinski definition) is 2. The van der Waals surface area contributed by atoms with Gasteiger partial charge in [-0.05, 0) is 30.3 Å². The quantitative estimate of drug-likeness (QED) is 0.252. The standard InChI is InChI=1S/C24H29N5O3.HI/c1-29(2)23-18(6-3-11-25-23)17-27-24(26-12-10-20-7-4-13-30-20)28-19-8-9-21-22(16-19)32-15-5-14-31-21;/h3-4,6-9,11,13,16H,5,10,12,14-15,17H2,1-2H3,(H2,26,27,28);1H. The Balaban J connectivity index is 0.00000306. The van der Waals surface area contributed by atoms with Crippen LogP contribution in [0.2, 0.25) is 0 Å². The summed E-state index contributed by atoms with van der Waals surface area (Å²) in [5.41, 5.74) is 1.92. The van der Waals surface area contributed by atoms with E-state index in [2.05, 4.69) is 15.6 Å². The number of nitrogens with one attached hydrogen (secondary N) is 2. The molecule has 0 saturated heterocycles. The van der Waals surface area contributed by atoms with Crippen molar-refractivity contribution in [1.29, 1.82) is 0 Å². The minimum Gasteiger partial charge on any atom is -0.490 e. The molecule has 2 N–H and O–H groups in total. The van der Waals surface area contributed by atoms with Crippen LogP contribution in [-0.4, -0.2) is 44.8 Å². The normalized spacial score (nSPS) is 13.0. The van der Waals surface area contributed by atoms with E-state index in [0.29, 0.717) is 32.3 Å². The van der Waals surface area contributed by atoms with Crippen molar-refractivity contribution in [3.63, 3.8) is 0 Å². The Labute approximate surface area is 211 Å². The predicted molar refractivity (Wildman–Crippen MR) is 141 cm³/mol. The number of fused-ring (bicyclic) bond motifs is 1. The summed E-state index contributed by atoms with van der Waals surface area (Å²) in [7, 11) is 3.96. The maximum Gasteiger partial charge on any atom is 0.196 e. The number of hydrogen-bond acceptors (Lipinski definition) is 6. The highest BCUT2D eigenvalue weighted by Gasteiger charge is 2.12. The lowest BCUT2D eigenvalue weighted by molar-refractivity contribution is 0.297. The molecule has 1 aliphatic rings. The van der Waals surface area contributed by atoms with Gasteiger partial charge in [-0.1, -0.05) is 6.07 Å². The zero-order valence-electron chi connectivity index (χ0n) is 18.9. The highest BCUT2D eigenvalue weighted by Crippen LogP contribution is 2.32. The third-order valence-electron chi connectivity index (χ3n) is 4.95. The molecule has 3 aromatic rings. The van der Waals surface area contributed by atoms with Crippen LogP contribution >= 0.6 is 24.0 Å². The van der Waals surface area contributed by atoms with Crippen molar-refractivity contribution in [3.05, 3.63) is 66.2 Å². The molecule has 1 aliphatic heterocycles. The number of aromatic nitrogens is 1. The van der Waals surface area contributed by atoms with Crippen molar-refractivity contribution in [2.75, 3.05) is 44.1 Å². The highest BCUT2D eigenvalue weighted by molar-refractivity contribution is 14.0. The Morgan fingerprint density at radius 3 is 2.73 bits per heavy atom. The number of rotatable bonds is 7. The first kappa shape index (κ1) is 24.7. The predicted octanol–water partition coefficient (Wildman–Crippen LogP) is 4.32. The van der Waals surface area contributed by atoms with Gasteiger partial charge in [-0.15, -0.1) is 24.0 Å². The molecule has 33 heavy (non-hydrogen) atoms. The SMILES string of the molecule is CN(C)c1ncccc1CN=C(NCCc1ccco1)Nc1ccc2c(c1)OCCCO2.I. The zero-order chi connectivity index (χ0) is 22.2. The number of ether oxygens (including phenoxy) is 2. The summed E-state index contributed by atoms with van der Waals surface area (Å²) in [6.07, 6.45) is 5.11. The molecular weight excluding hydrogens is 533 g/mol. The van der Waals surface area contributed by atoms with E-state index in [9.17, 15) is 0 Å². The first-order chi connectivity index (χ1) is 15.7. The molecule has 0 amide bonds. The monoisotopic (exact) mass is 563 g/mol. The van der Waals surface area contributed by atoms with Crippen LogP contribution in [0.4, 0.5) is 11.5 Å². The van der Waals surface area contributed by atoms with E-state index in [4.69, 9.17) is 18.9 Å². The van der Waals surface area contributed by atoms with Crippen LogP contribution in [0.3, 0.4) is 0 Å². The summed E-state index contributed by atoms with van der Waals surface area (Å²) < 4.78 is 17.0. The van der Waals surface area contributed by atoms with Gasteiger partial charge in [0.15, 0.2) is 17.5 Å². The van der Waals surface area contributed by atoms with E-state index in [1.165, 1.54) is 0 Å². The molecule has 3 heterocycles. The zero-order valence-corrected chi connectivity index (χ0v) is 21.2. The Kier molecular flexibility index (Phi) is 9.23. The van der Waals surface area contributed by atoms with Gasteiger partial charge < -0.3 is 29.4 Å². The fourth-order valence-electron chi connectivity index (χ4n) is 3.40. The van der Waals surface area contributed by atoms with Crippen molar-refractivity contribution in [2.45, 2.75) is 19.4 Å². The maximum atomic E-state index is 5.82. The lowest BCUT2D eigenvalue weighted by Crippen LogP contribution is -2.32. The summed E-state index contributed by atoms with van der Waals surface area (Å²) in [5.74, 6) is 4.00. The summed E-state index contributed by atoms with van der Waals surface area (Å²) in [4.78, 5) is 11.3. The smallest absolute Gasteiger partial charge is 0.196 e. The average Bonchev–Trinajstić information content (AvgIpc) is 3.21. The van der Waals surface area contributed by atoms with Crippen LogP contribution in [0.1, 0.15) is 17.7 Å². The van der Waals surface area contributed by atoms with E-state index >= 15 is 0 Å². The second-order valence-corrected chi connectivity index (χ2v) is 7.64. The molecule has 0 unspecified atom stereocenters. The molecular formula is C24H30IN5O3. The molecule has 1 aromatic carbocycles. The molecule has 176 valence electrons. The van der Waals surface area contributed by atoms with E-state index in [-0.39, 0.29) is 24.0 Å². The van der Waals surface area contributed by atoms with Crippen molar-refractivity contribution >= 4 is 41.4 Å². The van der Waals surface area contributed by atoms with Gasteiger partial charge >= 0.3 is 0 Å². The van der Waals surface area contributed by atoms with E-state index < -0.39 is 0 Å². The molecule has 0 aliphatic carbocycles. The molecule has 2 aromatic heterocycles.